The summed E-state index contributed by atoms with van der Waals surface area (Å²) in [4.78, 5) is 7.42. The number of nitrogens with one attached hydrogen (secondary N) is 1. The topological polar surface area (TPSA) is 67.4 Å². The van der Waals surface area contributed by atoms with Crippen LogP contribution >= 0.6 is 0 Å². The highest BCUT2D eigenvalue weighted by atomic mass is 16.6. The van der Waals surface area contributed by atoms with Crippen molar-refractivity contribution in [3.63, 3.8) is 0 Å². The maximum atomic E-state index is 9.73. The molecule has 1 atom stereocenters. The largest absolute Gasteiger partial charge is 0.474 e. The third-order valence-electron chi connectivity index (χ3n) is 2.88. The van der Waals surface area contributed by atoms with Gasteiger partial charge in [0.05, 0.1) is 5.69 Å². The highest BCUT2D eigenvalue weighted by Crippen LogP contribution is 2.27. The normalized spacial score (nSPS) is 17.0. The Morgan fingerprint density at radius 3 is 3.06 bits per heavy atom. The lowest BCUT2D eigenvalue weighted by Gasteiger charge is -2.07. The summed E-state index contributed by atoms with van der Waals surface area (Å²) in [6.45, 7) is 2.30. The number of aliphatic hydroxyl groups is 1. The van der Waals surface area contributed by atoms with Crippen molar-refractivity contribution < 1.29 is 14.6 Å². The number of hydrogen-bond donors (Lipinski definition) is 2. The predicted octanol–water partition coefficient (Wildman–Crippen LogP) is 2.13. The fourth-order valence-electron chi connectivity index (χ4n) is 1.81. The average Bonchev–Trinajstić information content (AvgIpc) is 3.06. The second-order valence-electron chi connectivity index (χ2n) is 4.44. The van der Waals surface area contributed by atoms with E-state index in [0.29, 0.717) is 29.9 Å². The van der Waals surface area contributed by atoms with Gasteiger partial charge >= 0.3 is 0 Å². The minimum atomic E-state index is -0.933. The van der Waals surface area contributed by atoms with Crippen molar-refractivity contribution in [2.24, 2.45) is 0 Å². The second kappa shape index (κ2) is 4.59. The summed E-state index contributed by atoms with van der Waals surface area (Å²) in [7, 11) is 0. The number of ether oxygens (including phenoxy) is 2. The first kappa shape index (κ1) is 11.5. The Bertz CT molecular complexity index is 548. The average molecular weight is 248 g/mol. The number of fused-ring (bicyclic) bond motifs is 1. The number of H-pyrrole nitrogens is 1. The van der Waals surface area contributed by atoms with Gasteiger partial charge in [-0.15, -0.1) is 0 Å². The van der Waals surface area contributed by atoms with E-state index in [1.807, 2.05) is 25.1 Å². The van der Waals surface area contributed by atoms with Crippen LogP contribution in [0.3, 0.4) is 0 Å². The van der Waals surface area contributed by atoms with Crippen molar-refractivity contribution >= 4 is 11.0 Å². The van der Waals surface area contributed by atoms with Crippen molar-refractivity contribution in [3.05, 3.63) is 23.9 Å². The van der Waals surface area contributed by atoms with E-state index < -0.39 is 6.29 Å². The molecule has 1 unspecified atom stereocenters. The van der Waals surface area contributed by atoms with Crippen molar-refractivity contribution in [3.8, 4) is 5.88 Å². The summed E-state index contributed by atoms with van der Waals surface area (Å²) >= 11 is 0. The summed E-state index contributed by atoms with van der Waals surface area (Å²) in [5.41, 5.74) is 1.32. The fourth-order valence-corrected chi connectivity index (χ4v) is 1.81. The highest BCUT2D eigenvalue weighted by molar-refractivity contribution is 5.77. The first-order valence-electron chi connectivity index (χ1n) is 6.22. The van der Waals surface area contributed by atoms with Crippen LogP contribution in [0.25, 0.3) is 11.0 Å². The van der Waals surface area contributed by atoms with Crippen LogP contribution in [0.15, 0.2) is 18.2 Å². The Labute approximate surface area is 105 Å². The monoisotopic (exact) mass is 248 g/mol. The van der Waals surface area contributed by atoms with Crippen molar-refractivity contribution in [1.29, 1.82) is 0 Å². The molecule has 1 aliphatic rings. The van der Waals surface area contributed by atoms with Crippen LogP contribution in [0.5, 0.6) is 5.88 Å². The molecule has 0 saturated heterocycles. The highest BCUT2D eigenvalue weighted by Gasteiger charge is 2.24. The first-order chi connectivity index (χ1) is 8.76. The minimum absolute atomic E-state index is 0.332. The molecule has 2 N–H and O–H groups in total. The van der Waals surface area contributed by atoms with E-state index in [2.05, 4.69) is 9.97 Å². The van der Waals surface area contributed by atoms with E-state index >= 15 is 0 Å². The Morgan fingerprint density at radius 1 is 1.50 bits per heavy atom. The molecular weight excluding hydrogens is 232 g/mol. The van der Waals surface area contributed by atoms with Gasteiger partial charge in [0.1, 0.15) is 11.8 Å². The number of aromatic amines is 1. The van der Waals surface area contributed by atoms with Crippen LogP contribution in [0.2, 0.25) is 0 Å². The molecule has 2 heterocycles. The van der Waals surface area contributed by atoms with Crippen LogP contribution in [0.1, 0.15) is 31.7 Å². The van der Waals surface area contributed by atoms with Gasteiger partial charge in [0, 0.05) is 18.1 Å². The lowest BCUT2D eigenvalue weighted by atomic mass is 10.3. The number of pyridine rings is 1. The smallest absolute Gasteiger partial charge is 0.215 e. The van der Waals surface area contributed by atoms with Gasteiger partial charge in [-0.05, 0) is 31.9 Å². The van der Waals surface area contributed by atoms with Gasteiger partial charge in [-0.3, -0.25) is 0 Å². The molecule has 0 aliphatic heterocycles. The molecule has 96 valence electrons. The van der Waals surface area contributed by atoms with Gasteiger partial charge in [0.2, 0.25) is 5.88 Å². The standard InChI is InChI=1S/C13H16N2O3/c1-2-17-13(16)10-7-8-3-6-11(15-12(8)14-10)18-9-4-5-9/h3,6-7,9,13,16H,2,4-5H2,1H3,(H,14,15). The number of aromatic nitrogens is 2. The van der Waals surface area contributed by atoms with E-state index in [1.165, 1.54) is 0 Å². The molecule has 0 spiro atoms. The molecular formula is C13H16N2O3. The summed E-state index contributed by atoms with van der Waals surface area (Å²) in [6, 6.07) is 5.62. The van der Waals surface area contributed by atoms with E-state index in [-0.39, 0.29) is 0 Å². The quantitative estimate of drug-likeness (QED) is 0.795. The van der Waals surface area contributed by atoms with Crippen LogP contribution in [0, 0.1) is 0 Å². The summed E-state index contributed by atoms with van der Waals surface area (Å²) in [6.07, 6.45) is 1.62. The van der Waals surface area contributed by atoms with Crippen molar-refractivity contribution in [2.45, 2.75) is 32.2 Å². The SMILES string of the molecule is CCOC(O)c1cc2ccc(OC3CC3)nc2[nH]1. The van der Waals surface area contributed by atoms with E-state index in [1.54, 1.807) is 0 Å². The van der Waals surface area contributed by atoms with Gasteiger partial charge in [0.15, 0.2) is 6.29 Å². The van der Waals surface area contributed by atoms with E-state index in [0.717, 1.165) is 18.2 Å². The number of nitrogens with zero attached hydrogens (tertiary/aromatic N) is 1. The van der Waals surface area contributed by atoms with Gasteiger partial charge in [-0.2, -0.15) is 4.98 Å². The Balaban J connectivity index is 1.86. The Kier molecular flexibility index (Phi) is 2.93. The lowest BCUT2D eigenvalue weighted by Crippen LogP contribution is -2.02. The molecule has 0 bridgehead atoms. The van der Waals surface area contributed by atoms with E-state index in [9.17, 15) is 5.11 Å². The number of hydrogen-bond acceptors (Lipinski definition) is 4. The molecule has 0 aromatic carbocycles. The van der Waals surface area contributed by atoms with Gasteiger partial charge in [-0.25, -0.2) is 0 Å². The maximum Gasteiger partial charge on any atom is 0.215 e. The third-order valence-corrected chi connectivity index (χ3v) is 2.88. The molecule has 1 aliphatic carbocycles. The van der Waals surface area contributed by atoms with Gasteiger partial charge in [0.25, 0.3) is 0 Å². The number of rotatable bonds is 5. The third kappa shape index (κ3) is 2.32. The molecule has 1 fully saturated rings. The Hall–Kier alpha value is -1.59. The maximum absolute atomic E-state index is 9.73. The predicted molar refractivity (Wildman–Crippen MR) is 66.3 cm³/mol. The first-order valence-corrected chi connectivity index (χ1v) is 6.22. The fraction of sp³-hybridized carbons (Fsp3) is 0.462. The minimum Gasteiger partial charge on any atom is -0.474 e. The lowest BCUT2D eigenvalue weighted by molar-refractivity contribution is -0.100. The number of aliphatic hydroxyl groups excluding tert-OH is 1. The molecule has 0 amide bonds. The zero-order valence-corrected chi connectivity index (χ0v) is 10.2. The van der Waals surface area contributed by atoms with E-state index in [4.69, 9.17) is 9.47 Å². The van der Waals surface area contributed by atoms with Crippen molar-refractivity contribution in [1.82, 2.24) is 9.97 Å². The second-order valence-corrected chi connectivity index (χ2v) is 4.44. The van der Waals surface area contributed by atoms with Crippen LogP contribution in [-0.4, -0.2) is 27.8 Å². The summed E-state index contributed by atoms with van der Waals surface area (Å²) in [5, 5.41) is 10.7. The van der Waals surface area contributed by atoms with Crippen LogP contribution < -0.4 is 4.74 Å². The molecule has 1 saturated carbocycles. The Morgan fingerprint density at radius 2 is 2.33 bits per heavy atom. The van der Waals surface area contributed by atoms with Crippen LogP contribution in [-0.2, 0) is 4.74 Å². The zero-order valence-electron chi connectivity index (χ0n) is 10.2. The van der Waals surface area contributed by atoms with Gasteiger partial charge in [-0.1, -0.05) is 0 Å². The molecule has 2 aromatic rings. The molecule has 18 heavy (non-hydrogen) atoms. The molecule has 0 radical (unpaired) electrons. The molecule has 2 aromatic heterocycles. The zero-order chi connectivity index (χ0) is 12.5. The molecule has 3 rings (SSSR count). The molecule has 5 heteroatoms. The summed E-state index contributed by atoms with van der Waals surface area (Å²) in [5.74, 6) is 0.629. The van der Waals surface area contributed by atoms with Gasteiger partial charge < -0.3 is 19.6 Å². The summed E-state index contributed by atoms with van der Waals surface area (Å²) < 4.78 is 10.8. The van der Waals surface area contributed by atoms with Crippen LogP contribution in [0.4, 0.5) is 0 Å². The van der Waals surface area contributed by atoms with Crippen molar-refractivity contribution in [2.75, 3.05) is 6.61 Å². The molecule has 5 nitrogen and oxygen atoms in total.